The number of anilines is 1. The smallest absolute Gasteiger partial charge is 0.307 e. The Morgan fingerprint density at radius 3 is 2.59 bits per heavy atom. The van der Waals surface area contributed by atoms with Crippen molar-refractivity contribution in [3.05, 3.63) is 17.8 Å². The molecular weight excluding hydrogens is 218 g/mol. The molecule has 0 atom stereocenters. The first-order valence-electron chi connectivity index (χ1n) is 5.66. The lowest BCUT2D eigenvalue weighted by Crippen LogP contribution is -2.23. The minimum atomic E-state index is -0.219. The number of carbonyl (C=O) groups is 1. The molecule has 0 aliphatic carbocycles. The summed E-state index contributed by atoms with van der Waals surface area (Å²) in [6, 6.07) is 3.88. The van der Waals surface area contributed by atoms with E-state index >= 15 is 0 Å². The Balaban J connectivity index is 2.57. The molecule has 0 unspecified atom stereocenters. The highest BCUT2D eigenvalue weighted by atomic mass is 16.5. The quantitative estimate of drug-likeness (QED) is 0.728. The second-order valence-corrected chi connectivity index (χ2v) is 4.22. The van der Waals surface area contributed by atoms with E-state index in [1.165, 1.54) is 7.11 Å². The van der Waals surface area contributed by atoms with Crippen LogP contribution in [0.15, 0.2) is 12.1 Å². The number of methoxy groups -OCH3 is 1. The number of rotatable bonds is 5. The number of aromatic nitrogens is 2. The maximum absolute atomic E-state index is 11.0. The van der Waals surface area contributed by atoms with E-state index in [-0.39, 0.29) is 5.97 Å². The molecule has 0 radical (unpaired) electrons. The predicted molar refractivity (Wildman–Crippen MR) is 66.0 cm³/mol. The molecule has 5 heteroatoms. The fraction of sp³-hybridized carbons (Fsp3) is 0.583. The second-order valence-electron chi connectivity index (χ2n) is 4.22. The lowest BCUT2D eigenvalue weighted by molar-refractivity contribution is -0.140. The summed E-state index contributed by atoms with van der Waals surface area (Å²) in [5.41, 5.74) is 0.968. The summed E-state index contributed by atoms with van der Waals surface area (Å²) in [5, 5.41) is 8.27. The minimum absolute atomic E-state index is 0.219. The van der Waals surface area contributed by atoms with E-state index in [4.69, 9.17) is 0 Å². The first kappa shape index (κ1) is 13.4. The zero-order valence-electron chi connectivity index (χ0n) is 10.8. The molecule has 1 rings (SSSR count). The van der Waals surface area contributed by atoms with Crippen molar-refractivity contribution in [3.8, 4) is 0 Å². The van der Waals surface area contributed by atoms with Gasteiger partial charge in [-0.1, -0.05) is 13.8 Å². The molecule has 1 heterocycles. The van der Waals surface area contributed by atoms with E-state index < -0.39 is 0 Å². The Morgan fingerprint density at radius 1 is 1.41 bits per heavy atom. The van der Waals surface area contributed by atoms with Gasteiger partial charge in [0.15, 0.2) is 5.82 Å². The Bertz CT molecular complexity index is 363. The van der Waals surface area contributed by atoms with Crippen molar-refractivity contribution in [1.29, 1.82) is 0 Å². The fourth-order valence-electron chi connectivity index (χ4n) is 1.32. The van der Waals surface area contributed by atoms with Crippen LogP contribution in [0.25, 0.3) is 0 Å². The third-order valence-electron chi connectivity index (χ3n) is 2.53. The summed E-state index contributed by atoms with van der Waals surface area (Å²) in [6.45, 7) is 4.72. The van der Waals surface area contributed by atoms with Crippen LogP contribution in [0.3, 0.4) is 0 Å². The van der Waals surface area contributed by atoms with Gasteiger partial charge in [-0.25, -0.2) is 0 Å². The van der Waals surface area contributed by atoms with Crippen molar-refractivity contribution >= 4 is 11.8 Å². The van der Waals surface area contributed by atoms with Gasteiger partial charge < -0.3 is 9.64 Å². The molecule has 0 bridgehead atoms. The lowest BCUT2D eigenvalue weighted by atomic mass is 10.1. The number of esters is 1. The molecule has 94 valence electrons. The van der Waals surface area contributed by atoms with Crippen LogP contribution in [0, 0.1) is 0 Å². The van der Waals surface area contributed by atoms with Crippen LogP contribution in [0.4, 0.5) is 5.82 Å². The monoisotopic (exact) mass is 237 g/mol. The number of hydrogen-bond donors (Lipinski definition) is 0. The molecule has 0 spiro atoms. The molecule has 1 aromatic rings. The van der Waals surface area contributed by atoms with Gasteiger partial charge in [0.05, 0.1) is 19.2 Å². The molecule has 0 amide bonds. The van der Waals surface area contributed by atoms with E-state index in [1.54, 1.807) is 0 Å². The van der Waals surface area contributed by atoms with Crippen molar-refractivity contribution in [3.63, 3.8) is 0 Å². The second kappa shape index (κ2) is 6.18. The van der Waals surface area contributed by atoms with Gasteiger partial charge >= 0.3 is 5.97 Å². The molecule has 0 saturated carbocycles. The normalized spacial score (nSPS) is 10.4. The highest BCUT2D eigenvalue weighted by molar-refractivity contribution is 5.69. The average molecular weight is 237 g/mol. The van der Waals surface area contributed by atoms with Gasteiger partial charge in [0.25, 0.3) is 0 Å². The SMILES string of the molecule is COC(=O)CCN(C)c1ccc(C(C)C)nn1. The van der Waals surface area contributed by atoms with Gasteiger partial charge in [-0.3, -0.25) is 4.79 Å². The van der Waals surface area contributed by atoms with E-state index in [9.17, 15) is 4.79 Å². The largest absolute Gasteiger partial charge is 0.469 e. The Labute approximate surface area is 102 Å². The summed E-state index contributed by atoms with van der Waals surface area (Å²) in [5.74, 6) is 0.916. The Morgan fingerprint density at radius 2 is 2.12 bits per heavy atom. The fourth-order valence-corrected chi connectivity index (χ4v) is 1.32. The van der Waals surface area contributed by atoms with Gasteiger partial charge in [0.2, 0.25) is 0 Å². The molecule has 0 aliphatic rings. The van der Waals surface area contributed by atoms with Gasteiger partial charge in [-0.2, -0.15) is 5.10 Å². The summed E-state index contributed by atoms with van der Waals surface area (Å²) >= 11 is 0. The summed E-state index contributed by atoms with van der Waals surface area (Å²) in [6.07, 6.45) is 0.348. The van der Waals surface area contributed by atoms with E-state index in [0.717, 1.165) is 11.5 Å². The molecular formula is C12H19N3O2. The van der Waals surface area contributed by atoms with Crippen LogP contribution in [-0.4, -0.2) is 36.9 Å². The molecule has 17 heavy (non-hydrogen) atoms. The molecule has 0 N–H and O–H groups in total. The molecule has 0 fully saturated rings. The van der Waals surface area contributed by atoms with Crippen LogP contribution >= 0.6 is 0 Å². The molecule has 5 nitrogen and oxygen atoms in total. The average Bonchev–Trinajstić information content (AvgIpc) is 2.35. The summed E-state index contributed by atoms with van der Waals surface area (Å²) < 4.78 is 4.59. The molecule has 1 aromatic heterocycles. The van der Waals surface area contributed by atoms with Gasteiger partial charge in [-0.05, 0) is 18.1 Å². The van der Waals surface area contributed by atoms with Crippen LogP contribution < -0.4 is 4.90 Å². The minimum Gasteiger partial charge on any atom is -0.469 e. The Kier molecular flexibility index (Phi) is 4.87. The van der Waals surface area contributed by atoms with Crippen molar-refractivity contribution in [1.82, 2.24) is 10.2 Å². The lowest BCUT2D eigenvalue weighted by Gasteiger charge is -2.17. The van der Waals surface area contributed by atoms with E-state index in [2.05, 4.69) is 28.8 Å². The zero-order valence-corrected chi connectivity index (χ0v) is 10.8. The Hall–Kier alpha value is -1.65. The highest BCUT2D eigenvalue weighted by Gasteiger charge is 2.08. The molecule has 0 aromatic carbocycles. The third-order valence-corrected chi connectivity index (χ3v) is 2.53. The van der Waals surface area contributed by atoms with Gasteiger partial charge in [0, 0.05) is 13.6 Å². The maximum Gasteiger partial charge on any atom is 0.307 e. The molecule has 0 aliphatic heterocycles. The summed E-state index contributed by atoms with van der Waals surface area (Å²) in [4.78, 5) is 12.9. The third kappa shape index (κ3) is 4.01. The first-order chi connectivity index (χ1) is 8.04. The number of carbonyl (C=O) groups excluding carboxylic acids is 1. The van der Waals surface area contributed by atoms with Crippen LogP contribution in [0.5, 0.6) is 0 Å². The van der Waals surface area contributed by atoms with Crippen LogP contribution in [0.1, 0.15) is 31.9 Å². The maximum atomic E-state index is 11.0. The van der Waals surface area contributed by atoms with Crippen molar-refractivity contribution in [2.45, 2.75) is 26.2 Å². The standard InChI is InChI=1S/C12H19N3O2/c1-9(2)10-5-6-11(14-13-10)15(3)8-7-12(16)17-4/h5-6,9H,7-8H2,1-4H3. The predicted octanol–water partition coefficient (Wildman–Crippen LogP) is 1.60. The zero-order chi connectivity index (χ0) is 12.8. The van der Waals surface area contributed by atoms with Crippen molar-refractivity contribution in [2.75, 3.05) is 25.6 Å². The molecule has 0 saturated heterocycles. The van der Waals surface area contributed by atoms with E-state index in [1.807, 2.05) is 24.1 Å². The van der Waals surface area contributed by atoms with Crippen LogP contribution in [-0.2, 0) is 9.53 Å². The van der Waals surface area contributed by atoms with E-state index in [0.29, 0.717) is 18.9 Å². The number of ether oxygens (including phenoxy) is 1. The van der Waals surface area contributed by atoms with Crippen LogP contribution in [0.2, 0.25) is 0 Å². The topological polar surface area (TPSA) is 55.3 Å². The van der Waals surface area contributed by atoms with Crippen molar-refractivity contribution < 1.29 is 9.53 Å². The number of nitrogens with zero attached hydrogens (tertiary/aromatic N) is 3. The first-order valence-corrected chi connectivity index (χ1v) is 5.66. The highest BCUT2D eigenvalue weighted by Crippen LogP contribution is 2.13. The van der Waals surface area contributed by atoms with Gasteiger partial charge in [0.1, 0.15) is 0 Å². The number of hydrogen-bond acceptors (Lipinski definition) is 5. The van der Waals surface area contributed by atoms with Gasteiger partial charge in [-0.15, -0.1) is 5.10 Å². The summed E-state index contributed by atoms with van der Waals surface area (Å²) in [7, 11) is 3.27. The van der Waals surface area contributed by atoms with Crippen molar-refractivity contribution in [2.24, 2.45) is 0 Å².